The van der Waals surface area contributed by atoms with Crippen molar-refractivity contribution < 1.29 is 4.79 Å². The van der Waals surface area contributed by atoms with Crippen molar-refractivity contribution in [2.45, 2.75) is 50.7 Å². The highest BCUT2D eigenvalue weighted by Crippen LogP contribution is 2.34. The van der Waals surface area contributed by atoms with Gasteiger partial charge in [-0.15, -0.1) is 11.3 Å². The normalized spacial score (nSPS) is 12.9. The number of H-pyrrole nitrogens is 1. The molecule has 5 nitrogen and oxygen atoms in total. The summed E-state index contributed by atoms with van der Waals surface area (Å²) in [4.78, 5) is 34.2. The fraction of sp³-hybridized carbons (Fsp3) is 0.435. The molecule has 0 saturated carbocycles. The van der Waals surface area contributed by atoms with Crippen LogP contribution >= 0.6 is 23.1 Å². The van der Waals surface area contributed by atoms with E-state index < -0.39 is 0 Å². The van der Waals surface area contributed by atoms with Crippen LogP contribution in [0.15, 0.2) is 35.1 Å². The highest BCUT2D eigenvalue weighted by molar-refractivity contribution is 7.98. The van der Waals surface area contributed by atoms with Crippen molar-refractivity contribution >= 4 is 39.2 Å². The van der Waals surface area contributed by atoms with E-state index in [2.05, 4.69) is 39.6 Å². The van der Waals surface area contributed by atoms with Crippen LogP contribution in [0.5, 0.6) is 0 Å². The van der Waals surface area contributed by atoms with Crippen LogP contribution in [-0.2, 0) is 29.8 Å². The highest BCUT2D eigenvalue weighted by atomic mass is 32.2. The van der Waals surface area contributed by atoms with Gasteiger partial charge in [-0.05, 0) is 49.7 Å². The van der Waals surface area contributed by atoms with Gasteiger partial charge in [0.05, 0.1) is 11.1 Å². The second kappa shape index (κ2) is 10.3. The summed E-state index contributed by atoms with van der Waals surface area (Å²) < 4.78 is 0. The molecule has 30 heavy (non-hydrogen) atoms. The quantitative estimate of drug-likeness (QED) is 0.462. The maximum Gasteiger partial charge on any atom is 0.259 e. The Hall–Kier alpha value is -2.12. The summed E-state index contributed by atoms with van der Waals surface area (Å²) >= 11 is 3.30. The van der Waals surface area contributed by atoms with Crippen LogP contribution in [-0.4, -0.2) is 28.2 Å². The monoisotopic (exact) mass is 441 g/mol. The first-order valence-corrected chi connectivity index (χ1v) is 12.6. The number of fused-ring (bicyclic) bond motifs is 3. The van der Waals surface area contributed by atoms with E-state index in [-0.39, 0.29) is 11.5 Å². The van der Waals surface area contributed by atoms with Crippen molar-refractivity contribution in [1.82, 2.24) is 15.3 Å². The summed E-state index contributed by atoms with van der Waals surface area (Å²) in [5.41, 5.74) is 2.55. The molecule has 1 aliphatic carbocycles. The number of benzene rings is 1. The van der Waals surface area contributed by atoms with E-state index in [1.165, 1.54) is 16.0 Å². The molecule has 1 amide bonds. The zero-order valence-electron chi connectivity index (χ0n) is 17.0. The van der Waals surface area contributed by atoms with Gasteiger partial charge in [0, 0.05) is 23.6 Å². The van der Waals surface area contributed by atoms with Gasteiger partial charge in [0.2, 0.25) is 5.91 Å². The Morgan fingerprint density at radius 1 is 1.20 bits per heavy atom. The van der Waals surface area contributed by atoms with Crippen molar-refractivity contribution in [2.75, 3.05) is 12.3 Å². The minimum absolute atomic E-state index is 0.0109. The Bertz CT molecular complexity index is 1060. The van der Waals surface area contributed by atoms with Crippen molar-refractivity contribution in [2.24, 2.45) is 0 Å². The number of thiophene rings is 1. The average Bonchev–Trinajstić information content (AvgIpc) is 3.32. The summed E-state index contributed by atoms with van der Waals surface area (Å²) in [6.07, 6.45) is 6.81. The number of carbonyl (C=O) groups is 1. The third-order valence-corrected chi connectivity index (χ3v) is 7.55. The van der Waals surface area contributed by atoms with Crippen LogP contribution in [0.3, 0.4) is 0 Å². The number of rotatable bonds is 10. The molecule has 2 N–H and O–H groups in total. The van der Waals surface area contributed by atoms with Gasteiger partial charge in [0.25, 0.3) is 5.56 Å². The molecule has 1 aromatic carbocycles. The molecule has 0 fully saturated rings. The van der Waals surface area contributed by atoms with Crippen molar-refractivity contribution in [3.63, 3.8) is 0 Å². The topological polar surface area (TPSA) is 74.8 Å². The van der Waals surface area contributed by atoms with E-state index in [1.807, 2.05) is 6.07 Å². The van der Waals surface area contributed by atoms with E-state index in [1.54, 1.807) is 23.1 Å². The molecule has 0 bridgehead atoms. The predicted molar refractivity (Wildman–Crippen MR) is 125 cm³/mol. The Morgan fingerprint density at radius 2 is 2.07 bits per heavy atom. The number of aromatic nitrogens is 2. The number of unbranched alkanes of at least 4 members (excludes halogenated alkanes) is 1. The molecule has 4 rings (SSSR count). The minimum atomic E-state index is -0.0109. The summed E-state index contributed by atoms with van der Waals surface area (Å²) in [5.74, 6) is 2.14. The molecule has 7 heteroatoms. The smallest absolute Gasteiger partial charge is 0.259 e. The van der Waals surface area contributed by atoms with E-state index in [0.29, 0.717) is 18.0 Å². The largest absolute Gasteiger partial charge is 0.356 e. The molecular weight excluding hydrogens is 414 g/mol. The number of thioether (sulfide) groups is 1. The Kier molecular flexibility index (Phi) is 7.23. The fourth-order valence-electron chi connectivity index (χ4n) is 3.86. The zero-order chi connectivity index (χ0) is 20.8. The molecule has 2 heterocycles. The van der Waals surface area contributed by atoms with Gasteiger partial charge in [-0.1, -0.05) is 30.3 Å². The van der Waals surface area contributed by atoms with E-state index in [0.717, 1.165) is 61.0 Å². The molecule has 2 aromatic heterocycles. The zero-order valence-corrected chi connectivity index (χ0v) is 18.7. The number of amides is 1. The van der Waals surface area contributed by atoms with Crippen LogP contribution in [0.1, 0.15) is 47.5 Å². The number of hydrogen-bond donors (Lipinski definition) is 2. The lowest BCUT2D eigenvalue weighted by molar-refractivity contribution is -0.120. The summed E-state index contributed by atoms with van der Waals surface area (Å²) in [5, 5.41) is 3.80. The second-order valence-electron chi connectivity index (χ2n) is 7.65. The molecule has 0 atom stereocenters. The third-order valence-electron chi connectivity index (χ3n) is 5.39. The average molecular weight is 442 g/mol. The van der Waals surface area contributed by atoms with E-state index in [9.17, 15) is 9.59 Å². The number of nitrogens with zero attached hydrogens (tertiary/aromatic N) is 1. The van der Waals surface area contributed by atoms with Crippen LogP contribution in [0.4, 0.5) is 0 Å². The number of carbonyl (C=O) groups excluding carboxylic acids is 1. The maximum atomic E-state index is 12.5. The van der Waals surface area contributed by atoms with Crippen LogP contribution in [0.25, 0.3) is 10.2 Å². The second-order valence-corrected chi connectivity index (χ2v) is 9.83. The Morgan fingerprint density at radius 3 is 2.93 bits per heavy atom. The van der Waals surface area contributed by atoms with Gasteiger partial charge in [-0.25, -0.2) is 4.98 Å². The first kappa shape index (κ1) is 21.1. The summed E-state index contributed by atoms with van der Waals surface area (Å²) in [6.45, 7) is 0.727. The van der Waals surface area contributed by atoms with Crippen molar-refractivity contribution in [3.8, 4) is 0 Å². The van der Waals surface area contributed by atoms with Gasteiger partial charge in [0.1, 0.15) is 10.7 Å². The fourth-order valence-corrected chi connectivity index (χ4v) is 5.95. The number of aryl methyl sites for hydroxylation is 3. The molecular formula is C23H27N3O2S2. The van der Waals surface area contributed by atoms with Gasteiger partial charge >= 0.3 is 0 Å². The van der Waals surface area contributed by atoms with Gasteiger partial charge in [-0.2, -0.15) is 11.8 Å². The standard InChI is InChI=1S/C23H27N3O2S2/c27-20(24-13-5-4-9-16-7-2-1-3-8-16)12-14-29-15-19-25-22(28)21-17-10-6-11-18(17)30-23(21)26-19/h1-3,7-8H,4-6,9-15H2,(H,24,27)(H,25,26,28). The Labute approximate surface area is 184 Å². The lowest BCUT2D eigenvalue weighted by Crippen LogP contribution is -2.24. The third kappa shape index (κ3) is 5.32. The summed E-state index contributed by atoms with van der Waals surface area (Å²) in [6, 6.07) is 10.4. The molecule has 158 valence electrons. The number of nitrogens with one attached hydrogen (secondary N) is 2. The Balaban J connectivity index is 1.14. The SMILES string of the molecule is O=C(CCSCc1nc2sc3c(c2c(=O)[nH]1)CCC3)NCCCCc1ccccc1. The number of aromatic amines is 1. The molecule has 0 spiro atoms. The molecule has 0 unspecified atom stereocenters. The highest BCUT2D eigenvalue weighted by Gasteiger charge is 2.21. The molecule has 0 saturated heterocycles. The molecule has 3 aromatic rings. The summed E-state index contributed by atoms with van der Waals surface area (Å²) in [7, 11) is 0. The van der Waals surface area contributed by atoms with Gasteiger partial charge in [-0.3, -0.25) is 9.59 Å². The van der Waals surface area contributed by atoms with Gasteiger partial charge in [0.15, 0.2) is 0 Å². The molecule has 1 aliphatic rings. The van der Waals surface area contributed by atoms with Gasteiger partial charge < -0.3 is 10.3 Å². The van der Waals surface area contributed by atoms with Crippen molar-refractivity contribution in [1.29, 1.82) is 0 Å². The molecule has 0 radical (unpaired) electrons. The lowest BCUT2D eigenvalue weighted by atomic mass is 10.1. The minimum Gasteiger partial charge on any atom is -0.356 e. The van der Waals surface area contributed by atoms with Crippen molar-refractivity contribution in [3.05, 3.63) is 62.5 Å². The number of hydrogen-bond acceptors (Lipinski definition) is 5. The van der Waals surface area contributed by atoms with Crippen LogP contribution < -0.4 is 10.9 Å². The molecule has 0 aliphatic heterocycles. The van der Waals surface area contributed by atoms with Crippen LogP contribution in [0, 0.1) is 0 Å². The van der Waals surface area contributed by atoms with E-state index in [4.69, 9.17) is 0 Å². The first-order valence-electron chi connectivity index (χ1n) is 10.6. The predicted octanol–water partition coefficient (Wildman–Crippen LogP) is 4.24. The maximum absolute atomic E-state index is 12.5. The van der Waals surface area contributed by atoms with E-state index >= 15 is 0 Å². The van der Waals surface area contributed by atoms with Crippen LogP contribution in [0.2, 0.25) is 0 Å². The lowest BCUT2D eigenvalue weighted by Gasteiger charge is -2.06. The first-order chi connectivity index (χ1) is 14.7.